The minimum absolute atomic E-state index is 0.0418. The Labute approximate surface area is 208 Å². The highest BCUT2D eigenvalue weighted by Gasteiger charge is 2.15. The fourth-order valence-electron chi connectivity index (χ4n) is 3.36. The van der Waals surface area contributed by atoms with Crippen LogP contribution in [-0.2, 0) is 11.2 Å². The van der Waals surface area contributed by atoms with Gasteiger partial charge in [0.15, 0.2) is 0 Å². The number of hydrogen-bond donors (Lipinski definition) is 2. The molecule has 180 valence electrons. The molecule has 0 saturated carbocycles. The van der Waals surface area contributed by atoms with Crippen LogP contribution in [0.5, 0.6) is 5.75 Å². The Hall–Kier alpha value is -3.75. The van der Waals surface area contributed by atoms with Crippen molar-refractivity contribution in [3.05, 3.63) is 89.1 Å². The predicted molar refractivity (Wildman–Crippen MR) is 135 cm³/mol. The first-order valence-electron chi connectivity index (χ1n) is 11.2. The van der Waals surface area contributed by atoms with Crippen molar-refractivity contribution in [3.63, 3.8) is 0 Å². The highest BCUT2D eigenvalue weighted by Crippen LogP contribution is 2.32. The summed E-state index contributed by atoms with van der Waals surface area (Å²) in [4.78, 5) is 21.2. The molecular weight excluding hydrogens is 466 g/mol. The molecule has 0 spiro atoms. The molecule has 0 aliphatic rings. The Kier molecular flexibility index (Phi) is 8.07. The Balaban J connectivity index is 1.43. The van der Waals surface area contributed by atoms with Crippen LogP contribution in [0.3, 0.4) is 0 Å². The second kappa shape index (κ2) is 11.6. The first kappa shape index (κ1) is 24.4. The maximum Gasteiger partial charge on any atom is 0.296 e. The molecule has 0 saturated heterocycles. The van der Waals surface area contributed by atoms with E-state index in [9.17, 15) is 4.79 Å². The zero-order chi connectivity index (χ0) is 24.6. The van der Waals surface area contributed by atoms with E-state index in [0.29, 0.717) is 42.0 Å². The standard InChI is InChI=1S/C26H26ClN5O3/c1-17(2)34-12-13-35-20-8-9-22(27)21(16-20)19-10-11-28-23(15-19)30-26(33)25-29-24(31-32-25)14-18-6-4-3-5-7-18/h3-11,15-17H,12-14H2,1-2H3,(H,28,30,33)(H,29,31,32). The van der Waals surface area contributed by atoms with E-state index in [1.165, 1.54) is 0 Å². The summed E-state index contributed by atoms with van der Waals surface area (Å²) in [5.74, 6) is 1.21. The monoisotopic (exact) mass is 491 g/mol. The fraction of sp³-hybridized carbons (Fsp3) is 0.231. The molecule has 0 bridgehead atoms. The van der Waals surface area contributed by atoms with Crippen molar-refractivity contribution in [2.45, 2.75) is 26.4 Å². The van der Waals surface area contributed by atoms with Crippen molar-refractivity contribution < 1.29 is 14.3 Å². The van der Waals surface area contributed by atoms with Crippen LogP contribution in [0.2, 0.25) is 5.02 Å². The van der Waals surface area contributed by atoms with E-state index in [0.717, 1.165) is 16.7 Å². The first-order chi connectivity index (χ1) is 17.0. The number of pyridine rings is 1. The summed E-state index contributed by atoms with van der Waals surface area (Å²) in [7, 11) is 0. The lowest BCUT2D eigenvalue weighted by Gasteiger charge is -2.12. The fourth-order valence-corrected chi connectivity index (χ4v) is 3.59. The third-order valence-corrected chi connectivity index (χ3v) is 5.33. The predicted octanol–water partition coefficient (Wildman–Crippen LogP) is 5.17. The maximum absolute atomic E-state index is 12.7. The molecule has 2 N–H and O–H groups in total. The van der Waals surface area contributed by atoms with Gasteiger partial charge in [-0.15, -0.1) is 5.10 Å². The smallest absolute Gasteiger partial charge is 0.296 e. The van der Waals surface area contributed by atoms with Crippen molar-refractivity contribution in [2.24, 2.45) is 0 Å². The summed E-state index contributed by atoms with van der Waals surface area (Å²) < 4.78 is 11.3. The minimum Gasteiger partial charge on any atom is -0.491 e. The van der Waals surface area contributed by atoms with E-state index in [2.05, 4.69) is 25.5 Å². The van der Waals surface area contributed by atoms with Crippen LogP contribution in [0.25, 0.3) is 11.1 Å². The quantitative estimate of drug-likeness (QED) is 0.297. The molecular formula is C26H26ClN5O3. The van der Waals surface area contributed by atoms with E-state index < -0.39 is 5.91 Å². The number of hydrogen-bond acceptors (Lipinski definition) is 6. The summed E-state index contributed by atoms with van der Waals surface area (Å²) in [6.07, 6.45) is 2.30. The maximum atomic E-state index is 12.7. The third-order valence-electron chi connectivity index (χ3n) is 5.00. The molecule has 8 nitrogen and oxygen atoms in total. The van der Waals surface area contributed by atoms with E-state index in [4.69, 9.17) is 21.1 Å². The van der Waals surface area contributed by atoms with Gasteiger partial charge in [0.2, 0.25) is 5.82 Å². The highest BCUT2D eigenvalue weighted by molar-refractivity contribution is 6.33. The van der Waals surface area contributed by atoms with Gasteiger partial charge in [-0.2, -0.15) is 0 Å². The number of rotatable bonds is 10. The zero-order valence-corrected chi connectivity index (χ0v) is 20.2. The lowest BCUT2D eigenvalue weighted by Crippen LogP contribution is -2.14. The van der Waals surface area contributed by atoms with Gasteiger partial charge in [-0.05, 0) is 55.3 Å². The van der Waals surface area contributed by atoms with Crippen molar-refractivity contribution in [1.82, 2.24) is 20.2 Å². The topological polar surface area (TPSA) is 102 Å². The van der Waals surface area contributed by atoms with Crippen molar-refractivity contribution >= 4 is 23.3 Å². The van der Waals surface area contributed by atoms with Gasteiger partial charge in [-0.25, -0.2) is 9.97 Å². The summed E-state index contributed by atoms with van der Waals surface area (Å²) in [5, 5.41) is 10.2. The third kappa shape index (κ3) is 6.88. The number of carbonyl (C=O) groups excluding carboxylic acids is 1. The van der Waals surface area contributed by atoms with E-state index >= 15 is 0 Å². The number of anilines is 1. The normalized spacial score (nSPS) is 11.0. The second-order valence-corrected chi connectivity index (χ2v) is 8.47. The number of aromatic nitrogens is 4. The van der Waals surface area contributed by atoms with Gasteiger partial charge in [0.05, 0.1) is 12.7 Å². The van der Waals surface area contributed by atoms with Crippen molar-refractivity contribution in [3.8, 4) is 16.9 Å². The van der Waals surface area contributed by atoms with Gasteiger partial charge in [-0.3, -0.25) is 9.89 Å². The Morgan fingerprint density at radius 2 is 1.91 bits per heavy atom. The summed E-state index contributed by atoms with van der Waals surface area (Å²) in [6.45, 7) is 4.88. The van der Waals surface area contributed by atoms with Crippen LogP contribution < -0.4 is 10.1 Å². The lowest BCUT2D eigenvalue weighted by atomic mass is 10.1. The van der Waals surface area contributed by atoms with Gasteiger partial charge in [0.25, 0.3) is 5.91 Å². The SMILES string of the molecule is CC(C)OCCOc1ccc(Cl)c(-c2ccnc(NC(=O)c3n[nH]c(Cc4ccccc4)n3)c2)c1. The summed E-state index contributed by atoms with van der Waals surface area (Å²) in [6, 6.07) is 18.8. The van der Waals surface area contributed by atoms with Crippen LogP contribution in [-0.4, -0.2) is 45.4 Å². The molecule has 0 radical (unpaired) electrons. The number of H-pyrrole nitrogens is 1. The number of ether oxygens (including phenoxy) is 2. The molecule has 9 heteroatoms. The van der Waals surface area contributed by atoms with Gasteiger partial charge in [0.1, 0.15) is 24.0 Å². The number of halogens is 1. The molecule has 0 atom stereocenters. The second-order valence-electron chi connectivity index (χ2n) is 8.06. The zero-order valence-electron chi connectivity index (χ0n) is 19.5. The van der Waals surface area contributed by atoms with Crippen molar-refractivity contribution in [2.75, 3.05) is 18.5 Å². The average molecular weight is 492 g/mol. The van der Waals surface area contributed by atoms with Crippen LogP contribution in [0.4, 0.5) is 5.82 Å². The van der Waals surface area contributed by atoms with Crippen LogP contribution in [0, 0.1) is 0 Å². The highest BCUT2D eigenvalue weighted by atomic mass is 35.5. The largest absolute Gasteiger partial charge is 0.491 e. The molecule has 0 fully saturated rings. The number of amides is 1. The summed E-state index contributed by atoms with van der Waals surface area (Å²) >= 11 is 6.44. The Morgan fingerprint density at radius 3 is 2.71 bits per heavy atom. The number of nitrogens with zero attached hydrogens (tertiary/aromatic N) is 3. The Bertz CT molecular complexity index is 1280. The molecule has 2 aromatic heterocycles. The van der Waals surface area contributed by atoms with Crippen LogP contribution >= 0.6 is 11.6 Å². The number of aromatic amines is 1. The first-order valence-corrected chi connectivity index (χ1v) is 11.6. The number of benzene rings is 2. The lowest BCUT2D eigenvalue weighted by molar-refractivity contribution is 0.0553. The molecule has 4 aromatic rings. The average Bonchev–Trinajstić information content (AvgIpc) is 3.32. The van der Waals surface area contributed by atoms with E-state index in [1.807, 2.05) is 56.3 Å². The van der Waals surface area contributed by atoms with Crippen LogP contribution in [0.15, 0.2) is 66.9 Å². The molecule has 0 aliphatic heterocycles. The number of carbonyl (C=O) groups is 1. The van der Waals surface area contributed by atoms with E-state index in [1.54, 1.807) is 24.4 Å². The minimum atomic E-state index is -0.460. The Morgan fingerprint density at radius 1 is 1.09 bits per heavy atom. The van der Waals surface area contributed by atoms with Gasteiger partial charge in [0, 0.05) is 23.2 Å². The van der Waals surface area contributed by atoms with Crippen molar-refractivity contribution in [1.29, 1.82) is 0 Å². The molecule has 2 aromatic carbocycles. The van der Waals surface area contributed by atoms with Crippen LogP contribution in [0.1, 0.15) is 35.9 Å². The molecule has 0 aliphatic carbocycles. The summed E-state index contributed by atoms with van der Waals surface area (Å²) in [5.41, 5.74) is 2.61. The molecule has 4 rings (SSSR count). The molecule has 1 amide bonds. The molecule has 2 heterocycles. The molecule has 35 heavy (non-hydrogen) atoms. The number of nitrogens with one attached hydrogen (secondary N) is 2. The van der Waals surface area contributed by atoms with Gasteiger partial charge >= 0.3 is 0 Å². The van der Waals surface area contributed by atoms with Gasteiger partial charge < -0.3 is 14.8 Å². The van der Waals surface area contributed by atoms with E-state index in [-0.39, 0.29) is 11.9 Å². The van der Waals surface area contributed by atoms with Gasteiger partial charge in [-0.1, -0.05) is 41.9 Å². The molecule has 0 unspecified atom stereocenters.